The van der Waals surface area contributed by atoms with Gasteiger partial charge in [-0.25, -0.2) is 9.59 Å². The Bertz CT molecular complexity index is 657. The number of hydrogen-bond acceptors (Lipinski definition) is 4. The van der Waals surface area contributed by atoms with Crippen LogP contribution in [0.2, 0.25) is 0 Å². The van der Waals surface area contributed by atoms with Gasteiger partial charge in [0.05, 0.1) is 6.04 Å². The monoisotopic (exact) mass is 389 g/mol. The van der Waals surface area contributed by atoms with Crippen molar-refractivity contribution in [1.82, 2.24) is 20.9 Å². The summed E-state index contributed by atoms with van der Waals surface area (Å²) in [6.07, 6.45) is 1.50. The Morgan fingerprint density at radius 2 is 1.68 bits per heavy atom. The molecular weight excluding hydrogens is 358 g/mol. The van der Waals surface area contributed by atoms with Crippen LogP contribution in [0.5, 0.6) is 0 Å². The Kier molecular flexibility index (Phi) is 8.25. The highest BCUT2D eigenvalue weighted by atomic mass is 16.2. The molecule has 1 unspecified atom stereocenters. The lowest BCUT2D eigenvalue weighted by Gasteiger charge is -2.35. The lowest BCUT2D eigenvalue weighted by atomic mass is 10.0. The number of para-hydroxylation sites is 1. The molecule has 154 valence electrons. The van der Waals surface area contributed by atoms with Gasteiger partial charge in [-0.1, -0.05) is 32.0 Å². The van der Waals surface area contributed by atoms with Crippen LogP contribution < -0.4 is 21.3 Å². The summed E-state index contributed by atoms with van der Waals surface area (Å²) in [7, 11) is 0. The fourth-order valence-electron chi connectivity index (χ4n) is 3.03. The number of rotatable bonds is 6. The van der Waals surface area contributed by atoms with E-state index in [-0.39, 0.29) is 18.0 Å². The number of piperidine rings is 1. The van der Waals surface area contributed by atoms with E-state index in [1.54, 1.807) is 6.92 Å². The van der Waals surface area contributed by atoms with Gasteiger partial charge in [-0.3, -0.25) is 15.0 Å². The van der Waals surface area contributed by atoms with Gasteiger partial charge in [0.1, 0.15) is 0 Å². The highest BCUT2D eigenvalue weighted by molar-refractivity contribution is 5.96. The topological polar surface area (TPSA) is 103 Å². The minimum Gasteiger partial charge on any atom is -0.338 e. The quantitative estimate of drug-likeness (QED) is 0.599. The van der Waals surface area contributed by atoms with Crippen molar-refractivity contribution >= 4 is 23.7 Å². The minimum absolute atomic E-state index is 0.0598. The molecule has 0 bridgehead atoms. The van der Waals surface area contributed by atoms with E-state index in [0.717, 1.165) is 18.5 Å². The number of carbonyl (C=O) groups excluding carboxylic acids is 3. The Morgan fingerprint density at radius 3 is 2.29 bits per heavy atom. The van der Waals surface area contributed by atoms with E-state index in [4.69, 9.17) is 0 Å². The molecule has 1 aliphatic rings. The number of amides is 5. The fraction of sp³-hybridized carbons (Fsp3) is 0.550. The highest BCUT2D eigenvalue weighted by Crippen LogP contribution is 2.14. The van der Waals surface area contributed by atoms with E-state index in [1.807, 2.05) is 49.1 Å². The van der Waals surface area contributed by atoms with Crippen LogP contribution in [0.1, 0.15) is 33.6 Å². The molecule has 8 nitrogen and oxygen atoms in total. The van der Waals surface area contributed by atoms with Gasteiger partial charge in [0.25, 0.3) is 0 Å². The van der Waals surface area contributed by atoms with E-state index < -0.39 is 12.1 Å². The number of hydrogen-bond donors (Lipinski definition) is 4. The summed E-state index contributed by atoms with van der Waals surface area (Å²) in [6.45, 7) is 7.65. The lowest BCUT2D eigenvalue weighted by Crippen LogP contribution is -2.54. The zero-order chi connectivity index (χ0) is 20.5. The van der Waals surface area contributed by atoms with Gasteiger partial charge >= 0.3 is 12.1 Å². The van der Waals surface area contributed by atoms with Crippen LogP contribution in [0.15, 0.2) is 30.3 Å². The molecule has 4 N–H and O–H groups in total. The molecule has 5 amide bonds. The largest absolute Gasteiger partial charge is 0.338 e. The van der Waals surface area contributed by atoms with Gasteiger partial charge in [0.2, 0.25) is 5.91 Å². The molecule has 1 heterocycles. The maximum atomic E-state index is 12.3. The van der Waals surface area contributed by atoms with Crippen molar-refractivity contribution in [3.8, 4) is 0 Å². The molecule has 0 aromatic heterocycles. The average Bonchev–Trinajstić information content (AvgIpc) is 2.67. The summed E-state index contributed by atoms with van der Waals surface area (Å²) >= 11 is 0. The first-order valence-corrected chi connectivity index (χ1v) is 9.80. The van der Waals surface area contributed by atoms with E-state index in [0.29, 0.717) is 25.6 Å². The number of nitrogens with zero attached hydrogens (tertiary/aromatic N) is 1. The number of nitrogens with one attached hydrogen (secondary N) is 4. The predicted molar refractivity (Wildman–Crippen MR) is 109 cm³/mol. The van der Waals surface area contributed by atoms with Crippen LogP contribution in [-0.4, -0.2) is 54.6 Å². The second kappa shape index (κ2) is 10.7. The highest BCUT2D eigenvalue weighted by Gasteiger charge is 2.28. The Labute approximate surface area is 166 Å². The summed E-state index contributed by atoms with van der Waals surface area (Å²) < 4.78 is 0. The number of benzene rings is 1. The molecule has 1 atom stereocenters. The van der Waals surface area contributed by atoms with Crippen molar-refractivity contribution in [3.05, 3.63) is 30.3 Å². The standard InChI is InChI=1S/C20H31N5O3/c1-14(2)13-21-19(27)24-18(26)15(3)25-11-9-17(10-12-25)23-20(28)22-16-7-5-4-6-8-16/h4-8,14-15,17H,9-13H2,1-3H3,(H2,22,23,28)(H2,21,24,26,27). The van der Waals surface area contributed by atoms with Crippen molar-refractivity contribution in [2.45, 2.75) is 45.7 Å². The number of carbonyl (C=O) groups is 3. The molecule has 28 heavy (non-hydrogen) atoms. The maximum Gasteiger partial charge on any atom is 0.321 e. The van der Waals surface area contributed by atoms with Crippen LogP contribution in [0, 0.1) is 5.92 Å². The van der Waals surface area contributed by atoms with Gasteiger partial charge < -0.3 is 16.0 Å². The second-order valence-electron chi connectivity index (χ2n) is 7.54. The summed E-state index contributed by atoms with van der Waals surface area (Å²) in [5.41, 5.74) is 0.749. The number of anilines is 1. The predicted octanol–water partition coefficient (Wildman–Crippen LogP) is 2.14. The van der Waals surface area contributed by atoms with E-state index in [1.165, 1.54) is 0 Å². The first kappa shape index (κ1) is 21.7. The first-order valence-electron chi connectivity index (χ1n) is 9.80. The molecule has 0 aliphatic carbocycles. The van der Waals surface area contributed by atoms with Crippen molar-refractivity contribution in [3.63, 3.8) is 0 Å². The van der Waals surface area contributed by atoms with E-state index in [9.17, 15) is 14.4 Å². The van der Waals surface area contributed by atoms with Crippen LogP contribution in [0.3, 0.4) is 0 Å². The Hall–Kier alpha value is -2.61. The Morgan fingerprint density at radius 1 is 1.04 bits per heavy atom. The molecule has 1 aromatic carbocycles. The zero-order valence-electron chi connectivity index (χ0n) is 16.8. The summed E-state index contributed by atoms with van der Waals surface area (Å²) in [6, 6.07) is 8.27. The third-order valence-electron chi connectivity index (χ3n) is 4.73. The third kappa shape index (κ3) is 7.19. The molecule has 1 aliphatic heterocycles. The van der Waals surface area contributed by atoms with Crippen molar-refractivity contribution in [2.24, 2.45) is 5.92 Å². The molecule has 8 heteroatoms. The summed E-state index contributed by atoms with van der Waals surface area (Å²) in [5, 5.41) is 10.9. The summed E-state index contributed by atoms with van der Waals surface area (Å²) in [4.78, 5) is 38.1. The van der Waals surface area contributed by atoms with Crippen LogP contribution >= 0.6 is 0 Å². The maximum absolute atomic E-state index is 12.3. The molecule has 0 spiro atoms. The molecular formula is C20H31N5O3. The summed E-state index contributed by atoms with van der Waals surface area (Å²) in [5.74, 6) is 0.0124. The van der Waals surface area contributed by atoms with E-state index >= 15 is 0 Å². The molecule has 0 saturated carbocycles. The fourth-order valence-corrected chi connectivity index (χ4v) is 3.03. The number of likely N-dealkylation sites (tertiary alicyclic amines) is 1. The molecule has 1 fully saturated rings. The average molecular weight is 390 g/mol. The second-order valence-corrected chi connectivity index (χ2v) is 7.54. The zero-order valence-corrected chi connectivity index (χ0v) is 16.8. The van der Waals surface area contributed by atoms with Gasteiger partial charge in [-0.05, 0) is 37.8 Å². The van der Waals surface area contributed by atoms with Gasteiger partial charge in [-0.2, -0.15) is 0 Å². The lowest BCUT2D eigenvalue weighted by molar-refractivity contribution is -0.125. The van der Waals surface area contributed by atoms with Gasteiger partial charge in [-0.15, -0.1) is 0 Å². The smallest absolute Gasteiger partial charge is 0.321 e. The van der Waals surface area contributed by atoms with Crippen molar-refractivity contribution in [1.29, 1.82) is 0 Å². The van der Waals surface area contributed by atoms with Crippen molar-refractivity contribution < 1.29 is 14.4 Å². The SMILES string of the molecule is CC(C)CNC(=O)NC(=O)C(C)N1CCC(NC(=O)Nc2ccccc2)CC1. The molecule has 1 saturated heterocycles. The number of imide groups is 1. The van der Waals surface area contributed by atoms with Crippen LogP contribution in [0.4, 0.5) is 15.3 Å². The molecule has 0 radical (unpaired) electrons. The molecule has 2 rings (SSSR count). The third-order valence-corrected chi connectivity index (χ3v) is 4.73. The first-order chi connectivity index (χ1) is 13.3. The van der Waals surface area contributed by atoms with Crippen molar-refractivity contribution in [2.75, 3.05) is 25.0 Å². The van der Waals surface area contributed by atoms with Crippen LogP contribution in [-0.2, 0) is 4.79 Å². The Balaban J connectivity index is 1.71. The normalized spacial score (nSPS) is 16.3. The molecule has 1 aromatic rings. The number of urea groups is 2. The minimum atomic E-state index is -0.459. The van der Waals surface area contributed by atoms with Crippen LogP contribution in [0.25, 0.3) is 0 Å². The van der Waals surface area contributed by atoms with Gasteiger partial charge in [0.15, 0.2) is 0 Å². The van der Waals surface area contributed by atoms with Gasteiger partial charge in [0, 0.05) is 31.4 Å². The van der Waals surface area contributed by atoms with E-state index in [2.05, 4.69) is 21.3 Å².